The molecule has 0 spiro atoms. The van der Waals surface area contributed by atoms with E-state index in [1.807, 2.05) is 31.2 Å². The monoisotopic (exact) mass is 255 g/mol. The molecule has 0 aliphatic rings. The van der Waals surface area contributed by atoms with E-state index in [4.69, 9.17) is 22.1 Å². The molecule has 0 aliphatic carbocycles. The van der Waals surface area contributed by atoms with Gasteiger partial charge in [-0.1, -0.05) is 37.9 Å². The molecule has 17 heavy (non-hydrogen) atoms. The number of hydrogen-bond donors (Lipinski definition) is 1. The van der Waals surface area contributed by atoms with E-state index >= 15 is 0 Å². The van der Waals surface area contributed by atoms with Gasteiger partial charge in [0, 0.05) is 11.1 Å². The number of nitrogens with two attached hydrogens (primary N) is 1. The predicted octanol–water partition coefficient (Wildman–Crippen LogP) is 3.87. The number of benzene rings is 1. The third-order valence-corrected chi connectivity index (χ3v) is 3.30. The number of hydrogen-bond acceptors (Lipinski definition) is 2. The summed E-state index contributed by atoms with van der Waals surface area (Å²) in [6.07, 6.45) is 2.28. The van der Waals surface area contributed by atoms with Crippen LogP contribution in [0, 0.1) is 5.92 Å². The first-order valence-electron chi connectivity index (χ1n) is 6.22. The van der Waals surface area contributed by atoms with Gasteiger partial charge in [0.05, 0.1) is 0 Å². The van der Waals surface area contributed by atoms with E-state index in [0.29, 0.717) is 10.9 Å². The van der Waals surface area contributed by atoms with Crippen molar-refractivity contribution in [1.29, 1.82) is 0 Å². The smallest absolute Gasteiger partial charge is 0.121 e. The maximum atomic E-state index is 6.17. The molecule has 0 radical (unpaired) electrons. The molecule has 2 nitrogen and oxygen atoms in total. The summed E-state index contributed by atoms with van der Waals surface area (Å²) in [5, 5.41) is 0.685. The molecule has 0 saturated heterocycles. The van der Waals surface area contributed by atoms with Crippen molar-refractivity contribution in [2.75, 3.05) is 0 Å². The fourth-order valence-electron chi connectivity index (χ4n) is 1.94. The highest BCUT2D eigenvalue weighted by atomic mass is 35.5. The molecule has 1 aromatic carbocycles. The number of rotatable bonds is 6. The second-order valence-electron chi connectivity index (χ2n) is 4.62. The molecule has 3 unspecified atom stereocenters. The Kier molecular flexibility index (Phi) is 5.79. The molecule has 0 saturated carbocycles. The molecule has 0 heterocycles. The van der Waals surface area contributed by atoms with Crippen LogP contribution in [0.5, 0.6) is 5.75 Å². The molecular weight excluding hydrogens is 234 g/mol. The summed E-state index contributed by atoms with van der Waals surface area (Å²) in [5.41, 5.74) is 6.17. The molecule has 2 N–H and O–H groups in total. The van der Waals surface area contributed by atoms with Crippen LogP contribution < -0.4 is 10.5 Å². The van der Waals surface area contributed by atoms with Gasteiger partial charge in [-0.05, 0) is 37.5 Å². The van der Waals surface area contributed by atoms with Gasteiger partial charge in [0.15, 0.2) is 0 Å². The zero-order chi connectivity index (χ0) is 12.8. The van der Waals surface area contributed by atoms with Crippen LogP contribution in [-0.4, -0.2) is 12.1 Å². The lowest BCUT2D eigenvalue weighted by Crippen LogP contribution is -2.41. The molecule has 0 bridgehead atoms. The zero-order valence-corrected chi connectivity index (χ0v) is 11.6. The first-order chi connectivity index (χ1) is 8.04. The van der Waals surface area contributed by atoms with Gasteiger partial charge < -0.3 is 10.5 Å². The summed E-state index contributed by atoms with van der Waals surface area (Å²) in [7, 11) is 0. The summed E-state index contributed by atoms with van der Waals surface area (Å²) < 4.78 is 5.81. The van der Waals surface area contributed by atoms with Gasteiger partial charge in [-0.25, -0.2) is 0 Å². The highest BCUT2D eigenvalue weighted by molar-refractivity contribution is 6.30. The SMILES string of the molecule is CCCC(C)C(N)C(C)Oc1cccc(Cl)c1. The van der Waals surface area contributed by atoms with Gasteiger partial charge in [0.25, 0.3) is 0 Å². The van der Waals surface area contributed by atoms with Crippen molar-refractivity contribution in [1.82, 2.24) is 0 Å². The second kappa shape index (κ2) is 6.87. The van der Waals surface area contributed by atoms with Crippen molar-refractivity contribution in [3.8, 4) is 5.75 Å². The number of ether oxygens (including phenoxy) is 1. The maximum Gasteiger partial charge on any atom is 0.121 e. The van der Waals surface area contributed by atoms with Gasteiger partial charge in [-0.2, -0.15) is 0 Å². The van der Waals surface area contributed by atoms with Gasteiger partial charge in [0.1, 0.15) is 11.9 Å². The van der Waals surface area contributed by atoms with E-state index < -0.39 is 0 Å². The first-order valence-corrected chi connectivity index (χ1v) is 6.60. The molecule has 1 rings (SSSR count). The Bertz CT molecular complexity index is 343. The lowest BCUT2D eigenvalue weighted by atomic mass is 9.94. The van der Waals surface area contributed by atoms with Crippen LogP contribution in [0.2, 0.25) is 5.02 Å². The fourth-order valence-corrected chi connectivity index (χ4v) is 2.12. The van der Waals surface area contributed by atoms with Crippen molar-refractivity contribution in [3.05, 3.63) is 29.3 Å². The Balaban J connectivity index is 2.56. The van der Waals surface area contributed by atoms with E-state index in [2.05, 4.69) is 13.8 Å². The minimum absolute atomic E-state index is 0.00461. The zero-order valence-electron chi connectivity index (χ0n) is 10.8. The van der Waals surface area contributed by atoms with E-state index in [-0.39, 0.29) is 12.1 Å². The molecule has 3 atom stereocenters. The number of halogens is 1. The fraction of sp³-hybridized carbons (Fsp3) is 0.571. The van der Waals surface area contributed by atoms with E-state index in [1.54, 1.807) is 0 Å². The molecule has 0 aromatic heterocycles. The van der Waals surface area contributed by atoms with Crippen LogP contribution in [0.15, 0.2) is 24.3 Å². The Morgan fingerprint density at radius 3 is 2.65 bits per heavy atom. The van der Waals surface area contributed by atoms with Crippen LogP contribution in [0.4, 0.5) is 0 Å². The van der Waals surface area contributed by atoms with Gasteiger partial charge in [-0.15, -0.1) is 0 Å². The van der Waals surface area contributed by atoms with Crippen LogP contribution in [-0.2, 0) is 0 Å². The van der Waals surface area contributed by atoms with Crippen molar-refractivity contribution < 1.29 is 4.74 Å². The van der Waals surface area contributed by atoms with Crippen LogP contribution in [0.25, 0.3) is 0 Å². The van der Waals surface area contributed by atoms with Gasteiger partial charge >= 0.3 is 0 Å². The van der Waals surface area contributed by atoms with Crippen molar-refractivity contribution in [3.63, 3.8) is 0 Å². The molecule has 3 heteroatoms. The summed E-state index contributed by atoms with van der Waals surface area (Å²) in [6.45, 7) is 6.36. The third kappa shape index (κ3) is 4.57. The summed E-state index contributed by atoms with van der Waals surface area (Å²) in [6, 6.07) is 7.48. The highest BCUT2D eigenvalue weighted by Crippen LogP contribution is 2.21. The molecule has 96 valence electrons. The molecule has 0 aliphatic heterocycles. The van der Waals surface area contributed by atoms with Crippen molar-refractivity contribution in [2.24, 2.45) is 11.7 Å². The Hall–Kier alpha value is -0.730. The Morgan fingerprint density at radius 1 is 1.35 bits per heavy atom. The first kappa shape index (κ1) is 14.3. The molecule has 1 aromatic rings. The lowest BCUT2D eigenvalue weighted by Gasteiger charge is -2.26. The average molecular weight is 256 g/mol. The van der Waals surface area contributed by atoms with E-state index in [9.17, 15) is 0 Å². The van der Waals surface area contributed by atoms with Gasteiger partial charge in [-0.3, -0.25) is 0 Å². The average Bonchev–Trinajstić information content (AvgIpc) is 2.28. The van der Waals surface area contributed by atoms with E-state index in [0.717, 1.165) is 18.6 Å². The highest BCUT2D eigenvalue weighted by Gasteiger charge is 2.20. The van der Waals surface area contributed by atoms with Crippen molar-refractivity contribution in [2.45, 2.75) is 45.8 Å². The molecule has 0 amide bonds. The summed E-state index contributed by atoms with van der Waals surface area (Å²) >= 11 is 5.91. The normalized spacial score (nSPS) is 16.3. The topological polar surface area (TPSA) is 35.2 Å². The minimum Gasteiger partial charge on any atom is -0.489 e. The van der Waals surface area contributed by atoms with Gasteiger partial charge in [0.2, 0.25) is 0 Å². The summed E-state index contributed by atoms with van der Waals surface area (Å²) in [4.78, 5) is 0. The van der Waals surface area contributed by atoms with E-state index in [1.165, 1.54) is 0 Å². The summed E-state index contributed by atoms with van der Waals surface area (Å²) in [5.74, 6) is 1.25. The predicted molar refractivity (Wildman–Crippen MR) is 73.6 cm³/mol. The Labute approximate surface area is 109 Å². The standard InChI is InChI=1S/C14H22ClNO/c1-4-6-10(2)14(16)11(3)17-13-8-5-7-12(15)9-13/h5,7-11,14H,4,6,16H2,1-3H3. The second-order valence-corrected chi connectivity index (χ2v) is 5.06. The quantitative estimate of drug-likeness (QED) is 0.838. The molecular formula is C14H22ClNO. The Morgan fingerprint density at radius 2 is 2.06 bits per heavy atom. The maximum absolute atomic E-state index is 6.17. The van der Waals surface area contributed by atoms with Crippen molar-refractivity contribution >= 4 is 11.6 Å². The largest absolute Gasteiger partial charge is 0.489 e. The van der Waals surface area contributed by atoms with Crippen LogP contribution in [0.3, 0.4) is 0 Å². The lowest BCUT2D eigenvalue weighted by molar-refractivity contribution is 0.158. The molecule has 0 fully saturated rings. The third-order valence-electron chi connectivity index (χ3n) is 3.06. The minimum atomic E-state index is -0.00461. The van der Waals surface area contributed by atoms with Crippen LogP contribution in [0.1, 0.15) is 33.6 Å². The van der Waals surface area contributed by atoms with Crippen LogP contribution >= 0.6 is 11.6 Å².